The number of ether oxygens (including phenoxy) is 5. The smallest absolute Gasteiger partial charge is 0.343 e. The lowest BCUT2D eigenvalue weighted by atomic mass is 10.2. The molecular weight excluding hydrogens is 562 g/mol. The number of hydrogen-bond acceptors (Lipinski definition) is 9. The maximum atomic E-state index is 12.6. The molecule has 44 heavy (non-hydrogen) atoms. The maximum Gasteiger partial charge on any atom is 0.343 e. The quantitative estimate of drug-likeness (QED) is 0.0520. The Morgan fingerprint density at radius 3 is 1.70 bits per heavy atom. The largest absolute Gasteiger partial charge is 0.494 e. The molecule has 0 spiro atoms. The van der Waals surface area contributed by atoms with Crippen LogP contribution in [0.15, 0.2) is 97.0 Å². The number of rotatable bonds is 18. The molecule has 0 aromatic heterocycles. The van der Waals surface area contributed by atoms with Gasteiger partial charge in [0, 0.05) is 18.4 Å². The average Bonchev–Trinajstić information content (AvgIpc) is 3.04. The lowest BCUT2D eigenvalue weighted by molar-refractivity contribution is -0.138. The Bertz CT molecular complexity index is 1430. The van der Waals surface area contributed by atoms with Crippen molar-refractivity contribution < 1.29 is 38.1 Å². The Kier molecular flexibility index (Phi) is 13.9. The van der Waals surface area contributed by atoms with Gasteiger partial charge in [0.1, 0.15) is 17.2 Å². The first kappa shape index (κ1) is 33.3. The Balaban J connectivity index is 1.41. The highest BCUT2D eigenvalue weighted by molar-refractivity contribution is 5.91. The fourth-order valence-corrected chi connectivity index (χ4v) is 3.74. The van der Waals surface area contributed by atoms with E-state index in [-0.39, 0.29) is 0 Å². The minimum atomic E-state index is -0.477. The maximum absolute atomic E-state index is 12.6. The fraction of sp³-hybridized carbons (Fsp3) is 0.257. The lowest BCUT2D eigenvalue weighted by Crippen LogP contribution is -2.08. The molecule has 9 heteroatoms. The number of carbonyl (C=O) groups excluding carboxylic acids is 3. The van der Waals surface area contributed by atoms with Crippen molar-refractivity contribution >= 4 is 29.8 Å². The number of benzene rings is 3. The third-order valence-electron chi connectivity index (χ3n) is 6.14. The van der Waals surface area contributed by atoms with E-state index in [1.165, 1.54) is 0 Å². The summed E-state index contributed by atoms with van der Waals surface area (Å²) in [4.78, 5) is 39.2. The molecule has 9 nitrogen and oxygen atoms in total. The van der Waals surface area contributed by atoms with E-state index in [0.29, 0.717) is 56.3 Å². The summed E-state index contributed by atoms with van der Waals surface area (Å²) in [5.41, 5.74) is 2.91. The van der Waals surface area contributed by atoms with E-state index in [1.54, 1.807) is 48.7 Å². The van der Waals surface area contributed by atoms with Crippen molar-refractivity contribution in [1.29, 1.82) is 0 Å². The van der Waals surface area contributed by atoms with E-state index in [0.717, 1.165) is 47.6 Å². The van der Waals surface area contributed by atoms with Gasteiger partial charge in [-0.25, -0.2) is 14.4 Å². The van der Waals surface area contributed by atoms with Crippen LogP contribution in [0.25, 0.3) is 0 Å². The molecule has 0 saturated heterocycles. The summed E-state index contributed by atoms with van der Waals surface area (Å²) in [6.07, 6.45) is 6.91. The summed E-state index contributed by atoms with van der Waals surface area (Å²) < 4.78 is 26.8. The SMILES string of the molecule is C=CC(=O)OCCCCOc1ccc(/C=N/c2ccc(OC(=O)c3ccc(OCCCCOC(=O)C=C)cc3)cc2C)cc1. The first-order valence-electron chi connectivity index (χ1n) is 14.3. The summed E-state index contributed by atoms with van der Waals surface area (Å²) >= 11 is 0. The molecule has 0 atom stereocenters. The van der Waals surface area contributed by atoms with E-state index in [9.17, 15) is 14.4 Å². The van der Waals surface area contributed by atoms with Crippen LogP contribution in [0.1, 0.15) is 47.2 Å². The molecule has 0 heterocycles. The second-order valence-corrected chi connectivity index (χ2v) is 9.54. The third kappa shape index (κ3) is 12.0. The summed E-state index contributed by atoms with van der Waals surface area (Å²) in [7, 11) is 0. The molecule has 0 aliphatic heterocycles. The topological polar surface area (TPSA) is 110 Å². The lowest BCUT2D eigenvalue weighted by Gasteiger charge is -2.09. The van der Waals surface area contributed by atoms with Crippen molar-refractivity contribution in [2.24, 2.45) is 4.99 Å². The van der Waals surface area contributed by atoms with Crippen LogP contribution in [0.2, 0.25) is 0 Å². The van der Waals surface area contributed by atoms with Crippen LogP contribution in [0.4, 0.5) is 5.69 Å². The van der Waals surface area contributed by atoms with Crippen LogP contribution in [-0.2, 0) is 19.1 Å². The number of hydrogen-bond donors (Lipinski definition) is 0. The molecule has 0 fully saturated rings. The van der Waals surface area contributed by atoms with Crippen LogP contribution in [-0.4, -0.2) is 50.6 Å². The van der Waals surface area contributed by atoms with Gasteiger partial charge < -0.3 is 23.7 Å². The van der Waals surface area contributed by atoms with E-state index >= 15 is 0 Å². The third-order valence-corrected chi connectivity index (χ3v) is 6.14. The van der Waals surface area contributed by atoms with Gasteiger partial charge in [0.15, 0.2) is 0 Å². The van der Waals surface area contributed by atoms with Crippen molar-refractivity contribution in [3.8, 4) is 17.2 Å². The van der Waals surface area contributed by atoms with Crippen LogP contribution in [0.3, 0.4) is 0 Å². The molecule has 3 rings (SSSR count). The van der Waals surface area contributed by atoms with Gasteiger partial charge in [0.25, 0.3) is 0 Å². The zero-order valence-electron chi connectivity index (χ0n) is 24.9. The minimum Gasteiger partial charge on any atom is -0.494 e. The molecule has 0 radical (unpaired) electrons. The van der Waals surface area contributed by atoms with Crippen LogP contribution >= 0.6 is 0 Å². The Morgan fingerprint density at radius 1 is 0.682 bits per heavy atom. The Morgan fingerprint density at radius 2 is 1.18 bits per heavy atom. The summed E-state index contributed by atoms with van der Waals surface area (Å²) in [5.74, 6) is 0.466. The molecule has 0 amide bonds. The second-order valence-electron chi connectivity index (χ2n) is 9.54. The van der Waals surface area contributed by atoms with Gasteiger partial charge in [-0.05, 0) is 110 Å². The zero-order valence-corrected chi connectivity index (χ0v) is 24.9. The molecule has 230 valence electrons. The summed E-state index contributed by atoms with van der Waals surface area (Å²) in [6, 6.07) is 19.6. The average molecular weight is 600 g/mol. The van der Waals surface area contributed by atoms with Gasteiger partial charge in [-0.1, -0.05) is 13.2 Å². The standard InChI is InChI=1S/C35H37NO8/c1-4-33(37)42-22-8-6-20-40-29-14-10-27(11-15-29)25-36-32-19-18-31(24-26(32)3)44-35(39)28-12-16-30(17-13-28)41-21-7-9-23-43-34(38)5-2/h4-5,10-19,24-25H,1-2,6-9,20-23H2,3H3/b36-25+. The van der Waals surface area contributed by atoms with E-state index in [4.69, 9.17) is 23.7 Å². The van der Waals surface area contributed by atoms with E-state index in [1.807, 2.05) is 31.2 Å². The zero-order chi connectivity index (χ0) is 31.6. The first-order valence-corrected chi connectivity index (χ1v) is 14.3. The summed E-state index contributed by atoms with van der Waals surface area (Å²) in [5, 5.41) is 0. The number of esters is 3. The monoisotopic (exact) mass is 599 g/mol. The van der Waals surface area contributed by atoms with Crippen molar-refractivity contribution in [3.63, 3.8) is 0 Å². The van der Waals surface area contributed by atoms with Crippen LogP contribution in [0.5, 0.6) is 17.2 Å². The highest BCUT2D eigenvalue weighted by Gasteiger charge is 2.10. The highest BCUT2D eigenvalue weighted by atomic mass is 16.5. The summed E-state index contributed by atoms with van der Waals surface area (Å²) in [6.45, 7) is 10.3. The molecule has 0 aliphatic carbocycles. The molecule has 0 N–H and O–H groups in total. The fourth-order valence-electron chi connectivity index (χ4n) is 3.74. The van der Waals surface area contributed by atoms with Gasteiger partial charge in [0.2, 0.25) is 0 Å². The number of carbonyl (C=O) groups is 3. The van der Waals surface area contributed by atoms with Crippen molar-refractivity contribution in [3.05, 3.63) is 109 Å². The normalized spacial score (nSPS) is 10.6. The number of nitrogens with zero attached hydrogens (tertiary/aromatic N) is 1. The van der Waals surface area contributed by atoms with Gasteiger partial charge in [-0.2, -0.15) is 0 Å². The molecule has 3 aromatic carbocycles. The first-order chi connectivity index (χ1) is 21.4. The Labute approximate surface area is 257 Å². The second kappa shape index (κ2) is 18.4. The Hall–Kier alpha value is -5.18. The van der Waals surface area contributed by atoms with E-state index < -0.39 is 17.9 Å². The van der Waals surface area contributed by atoms with Gasteiger partial charge in [-0.3, -0.25) is 4.99 Å². The van der Waals surface area contributed by atoms with Crippen molar-refractivity contribution in [2.75, 3.05) is 26.4 Å². The molecule has 0 aliphatic rings. The molecular formula is C35H37NO8. The number of aliphatic imine (C=N–C) groups is 1. The molecule has 0 bridgehead atoms. The van der Waals surface area contributed by atoms with Gasteiger partial charge >= 0.3 is 17.9 Å². The van der Waals surface area contributed by atoms with Gasteiger partial charge in [0.05, 0.1) is 37.7 Å². The molecule has 3 aromatic rings. The van der Waals surface area contributed by atoms with Crippen molar-refractivity contribution in [1.82, 2.24) is 0 Å². The number of unbranched alkanes of at least 4 members (excludes halogenated alkanes) is 2. The number of aryl methyl sites for hydroxylation is 1. The van der Waals surface area contributed by atoms with Crippen molar-refractivity contribution in [2.45, 2.75) is 32.6 Å². The minimum absolute atomic E-state index is 0.317. The predicted octanol–water partition coefficient (Wildman–Crippen LogP) is 6.74. The van der Waals surface area contributed by atoms with Gasteiger partial charge in [-0.15, -0.1) is 0 Å². The predicted molar refractivity (Wildman–Crippen MR) is 168 cm³/mol. The van der Waals surface area contributed by atoms with Crippen LogP contribution < -0.4 is 14.2 Å². The highest BCUT2D eigenvalue weighted by Crippen LogP contribution is 2.25. The van der Waals surface area contributed by atoms with Crippen LogP contribution in [0, 0.1) is 6.92 Å². The van der Waals surface area contributed by atoms with E-state index in [2.05, 4.69) is 18.2 Å². The molecule has 0 unspecified atom stereocenters. The molecule has 0 saturated carbocycles.